The number of aliphatic hydroxyl groups excluding tert-OH is 11. The van der Waals surface area contributed by atoms with Gasteiger partial charge in [0.1, 0.15) is 79.9 Å². The lowest BCUT2D eigenvalue weighted by Crippen LogP contribution is -2.72. The molecule has 0 aromatic carbocycles. The number of ether oxygens (including phenoxy) is 8. The summed E-state index contributed by atoms with van der Waals surface area (Å²) >= 11 is 0. The lowest BCUT2D eigenvalue weighted by Gasteiger charge is -2.72. The van der Waals surface area contributed by atoms with Crippen molar-refractivity contribution < 1.29 is 114 Å². The van der Waals surface area contributed by atoms with Gasteiger partial charge in [-0.1, -0.05) is 59.3 Å². The molecule has 23 nitrogen and oxygen atoms in total. The smallest absolute Gasteiger partial charge is 0.335 e. The van der Waals surface area contributed by atoms with Gasteiger partial charge in [0.25, 0.3) is 0 Å². The Kier molecular flexibility index (Phi) is 17.3. The van der Waals surface area contributed by atoms with Gasteiger partial charge < -0.3 is 99.2 Å². The molecule has 0 bridgehead atoms. The van der Waals surface area contributed by atoms with Crippen LogP contribution < -0.4 is 0 Å². The van der Waals surface area contributed by atoms with Crippen LogP contribution >= 0.6 is 0 Å². The van der Waals surface area contributed by atoms with Gasteiger partial charge >= 0.3 is 17.9 Å². The van der Waals surface area contributed by atoms with Gasteiger partial charge in [-0.05, 0) is 99.7 Å². The van der Waals surface area contributed by atoms with Gasteiger partial charge in [0, 0.05) is 23.3 Å². The molecule has 444 valence electrons. The Morgan fingerprint density at radius 3 is 1.96 bits per heavy atom. The number of esters is 2. The normalized spacial score (nSPS) is 51.1. The van der Waals surface area contributed by atoms with Crippen LogP contribution in [-0.4, -0.2) is 216 Å². The molecule has 0 aromatic heterocycles. The zero-order valence-corrected chi connectivity index (χ0v) is 46.3. The molecule has 4 saturated carbocycles. The first kappa shape index (κ1) is 61.3. The molecular formula is C55H86O23. The summed E-state index contributed by atoms with van der Waals surface area (Å²) in [4.78, 5) is 38.8. The number of hydrogen-bond donors (Lipinski definition) is 12. The number of carbonyl (C=O) groups is 3. The maximum Gasteiger partial charge on any atom is 0.335 e. The predicted molar refractivity (Wildman–Crippen MR) is 268 cm³/mol. The highest BCUT2D eigenvalue weighted by Gasteiger charge is 2.74. The second-order valence-corrected chi connectivity index (χ2v) is 25.6. The highest BCUT2D eigenvalue weighted by molar-refractivity contribution is 5.87. The van der Waals surface area contributed by atoms with Crippen molar-refractivity contribution in [1.82, 2.24) is 0 Å². The minimum atomic E-state index is -2.16. The number of allylic oxidation sites excluding steroid dienone is 3. The van der Waals surface area contributed by atoms with E-state index in [1.165, 1.54) is 13.8 Å². The van der Waals surface area contributed by atoms with Crippen LogP contribution in [0, 0.1) is 50.2 Å². The highest BCUT2D eigenvalue weighted by atomic mass is 16.8. The first-order valence-corrected chi connectivity index (χ1v) is 27.5. The molecular weight excluding hydrogens is 1030 g/mol. The minimum Gasteiger partial charge on any atom is -0.479 e. The van der Waals surface area contributed by atoms with Crippen LogP contribution in [0.5, 0.6) is 0 Å². The number of aliphatic hydroxyl groups is 11. The Morgan fingerprint density at radius 2 is 1.36 bits per heavy atom. The molecule has 3 saturated heterocycles. The van der Waals surface area contributed by atoms with Crippen LogP contribution in [0.1, 0.15) is 114 Å². The fourth-order valence-electron chi connectivity index (χ4n) is 16.1. The van der Waals surface area contributed by atoms with E-state index in [4.69, 9.17) is 37.9 Å². The molecule has 0 aromatic rings. The number of hydrogen-bond acceptors (Lipinski definition) is 22. The molecule has 7 fully saturated rings. The fourth-order valence-corrected chi connectivity index (χ4v) is 16.1. The summed E-state index contributed by atoms with van der Waals surface area (Å²) < 4.78 is 48.4. The van der Waals surface area contributed by atoms with Gasteiger partial charge in [0.2, 0.25) is 0 Å². The van der Waals surface area contributed by atoms with E-state index in [0.717, 1.165) is 5.57 Å². The number of carboxylic acids is 1. The Morgan fingerprint density at radius 1 is 0.731 bits per heavy atom. The van der Waals surface area contributed by atoms with Gasteiger partial charge in [-0.3, -0.25) is 4.79 Å². The number of carbonyl (C=O) groups excluding carboxylic acids is 2. The van der Waals surface area contributed by atoms with E-state index < -0.39 is 186 Å². The molecule has 0 amide bonds. The minimum absolute atomic E-state index is 0.0766. The van der Waals surface area contributed by atoms with Crippen molar-refractivity contribution >= 4 is 17.9 Å². The Hall–Kier alpha value is -2.79. The third-order valence-electron chi connectivity index (χ3n) is 21.0. The van der Waals surface area contributed by atoms with Crippen LogP contribution in [-0.2, 0) is 52.3 Å². The Bertz CT molecular complexity index is 2280. The van der Waals surface area contributed by atoms with Crippen molar-refractivity contribution in [3.63, 3.8) is 0 Å². The number of rotatable bonds is 13. The molecule has 5 aliphatic carbocycles. The van der Waals surface area contributed by atoms with Gasteiger partial charge in [0.05, 0.1) is 36.9 Å². The molecule has 12 N–H and O–H groups in total. The van der Waals surface area contributed by atoms with Crippen LogP contribution in [0.2, 0.25) is 0 Å². The fraction of sp³-hybridized carbons (Fsp3) is 0.873. The molecule has 8 aliphatic rings. The summed E-state index contributed by atoms with van der Waals surface area (Å²) in [5.41, 5.74) is -3.72. The average Bonchev–Trinajstić information content (AvgIpc) is 3.47. The Balaban J connectivity index is 1.13. The molecule has 0 spiro atoms. The van der Waals surface area contributed by atoms with E-state index in [2.05, 4.69) is 26.8 Å². The number of aliphatic carboxylic acids is 1. The topological polar surface area (TPSA) is 368 Å². The quantitative estimate of drug-likeness (QED) is 0.0488. The van der Waals surface area contributed by atoms with E-state index in [1.807, 2.05) is 20.8 Å². The highest BCUT2D eigenvalue weighted by Crippen LogP contribution is 2.76. The summed E-state index contributed by atoms with van der Waals surface area (Å²) in [5.74, 6) is -3.75. The summed E-state index contributed by atoms with van der Waals surface area (Å²) in [6, 6.07) is 0. The van der Waals surface area contributed by atoms with Gasteiger partial charge in [-0.2, -0.15) is 0 Å². The monoisotopic (exact) mass is 1110 g/mol. The predicted octanol–water partition coefficient (Wildman–Crippen LogP) is -0.293. The van der Waals surface area contributed by atoms with Crippen molar-refractivity contribution in [2.75, 3.05) is 19.8 Å². The second kappa shape index (κ2) is 22.1. The zero-order chi connectivity index (χ0) is 57.7. The maximum absolute atomic E-state index is 13.3. The van der Waals surface area contributed by atoms with Crippen LogP contribution in [0.15, 0.2) is 23.3 Å². The van der Waals surface area contributed by atoms with Crippen molar-refractivity contribution in [3.05, 3.63) is 23.3 Å². The molecule has 3 aliphatic heterocycles. The molecule has 23 heteroatoms. The van der Waals surface area contributed by atoms with Crippen molar-refractivity contribution in [2.45, 2.75) is 231 Å². The van der Waals surface area contributed by atoms with E-state index in [9.17, 15) is 75.7 Å². The van der Waals surface area contributed by atoms with Gasteiger partial charge in [-0.15, -0.1) is 0 Å². The third-order valence-corrected chi connectivity index (χ3v) is 21.0. The van der Waals surface area contributed by atoms with E-state index >= 15 is 0 Å². The van der Waals surface area contributed by atoms with Gasteiger partial charge in [0.15, 0.2) is 25.0 Å². The molecule has 27 atom stereocenters. The lowest BCUT2D eigenvalue weighted by molar-refractivity contribution is -0.396. The van der Waals surface area contributed by atoms with Gasteiger partial charge in [-0.25, -0.2) is 9.59 Å². The summed E-state index contributed by atoms with van der Waals surface area (Å²) in [6.45, 7) is 16.7. The van der Waals surface area contributed by atoms with Crippen LogP contribution in [0.25, 0.3) is 0 Å². The van der Waals surface area contributed by atoms with E-state index in [0.29, 0.717) is 37.7 Å². The van der Waals surface area contributed by atoms with Crippen LogP contribution in [0.3, 0.4) is 0 Å². The average molecular weight is 1120 g/mol. The van der Waals surface area contributed by atoms with Crippen molar-refractivity contribution in [1.29, 1.82) is 0 Å². The lowest BCUT2D eigenvalue weighted by atomic mass is 9.33. The third kappa shape index (κ3) is 9.72. The summed E-state index contributed by atoms with van der Waals surface area (Å²) in [6.07, 6.45) is -25.3. The summed E-state index contributed by atoms with van der Waals surface area (Å²) in [7, 11) is 0. The van der Waals surface area contributed by atoms with Crippen molar-refractivity contribution in [3.8, 4) is 0 Å². The van der Waals surface area contributed by atoms with Crippen LogP contribution in [0.4, 0.5) is 0 Å². The summed E-state index contributed by atoms with van der Waals surface area (Å²) in [5, 5.41) is 134. The van der Waals surface area contributed by atoms with E-state index in [1.54, 1.807) is 19.9 Å². The molecule has 0 radical (unpaired) electrons. The largest absolute Gasteiger partial charge is 0.479 e. The zero-order valence-electron chi connectivity index (χ0n) is 46.3. The first-order chi connectivity index (χ1) is 36.3. The first-order valence-electron chi connectivity index (χ1n) is 27.5. The molecule has 8 rings (SSSR count). The van der Waals surface area contributed by atoms with E-state index in [-0.39, 0.29) is 31.3 Å². The molecule has 3 heterocycles. The maximum atomic E-state index is 13.3. The standard InChI is InChI=1S/C55H86O23/c1-11-23(2)46(70)78-44-43(67)55(22-71-25(4)58)27(18-50(44,5)6)26-12-13-30-51(7)16-15-32(52(8,21-57)29(51)14-17-53(30,9)54(26,10)19-31(55)59)74-49-42(77-48-38(65)36(63)34(61)28(20-56)73-48)40(39(66)41(76-49)45(68)69)75-47-37(64)35(62)33(60)24(3)72-47/h11-12,24,27-44,47-49,56-57,59-67H,13-22H2,1-10H3,(H,68,69). The number of fused-ring (bicyclic) bond motifs is 7. The SMILES string of the molecule is CC=C(C)C(=O)OC1C(O)C2(COC(C)=O)C(O)CC3(C)C(=CCC4C5(C)CCC(OC6OC(C(=O)O)C(O)C(OC7OC(C)C(O)C(O)C7O)C6OC6OC(CO)C(O)C(O)C6O)C(C)(CO)C5CCC43C)C2CC1(C)C. The van der Waals surface area contributed by atoms with Crippen molar-refractivity contribution in [2.24, 2.45) is 50.2 Å². The number of carboxylic acid groups (broad SMARTS) is 1. The molecule has 27 unspecified atom stereocenters. The second-order valence-electron chi connectivity index (χ2n) is 25.6. The molecule has 78 heavy (non-hydrogen) atoms. The Labute approximate surface area is 454 Å².